The lowest BCUT2D eigenvalue weighted by molar-refractivity contribution is -0.396. The maximum Gasteiger partial charge on any atom is 0.296 e. The largest absolute Gasteiger partial charge is 0.394 e. The monoisotopic (exact) mass is 1240 g/mol. The summed E-state index contributed by atoms with van der Waals surface area (Å²) in [6, 6.07) is -1.85. The number of hydrogen-bond donors (Lipinski definition) is 22. The fraction of sp³-hybridized carbons (Fsp3) is 0.933. The zero-order valence-electron chi connectivity index (χ0n) is 44.1. The van der Waals surface area contributed by atoms with Crippen LogP contribution in [0.1, 0.15) is 16.5 Å². The first kappa shape index (κ1) is 66.6. The highest BCUT2D eigenvalue weighted by atomic mass is 16.8. The van der Waals surface area contributed by atoms with Crippen LogP contribution in [0.2, 0.25) is 0 Å². The number of nitrogens with zero attached hydrogens (tertiary/aromatic N) is 3. The Hall–Kier alpha value is -2.79. The number of carbonyl (C=O) groups is 1. The van der Waals surface area contributed by atoms with Crippen LogP contribution in [0.3, 0.4) is 0 Å². The molecule has 1 aromatic heterocycles. The molecule has 0 radical (unpaired) electrons. The van der Waals surface area contributed by atoms with Gasteiger partial charge in [0.1, 0.15) is 171 Å². The van der Waals surface area contributed by atoms with Crippen molar-refractivity contribution in [3.05, 3.63) is 11.9 Å². The van der Waals surface area contributed by atoms with Gasteiger partial charge in [-0.2, -0.15) is 0 Å². The second-order valence-electron chi connectivity index (χ2n) is 21.2. The summed E-state index contributed by atoms with van der Waals surface area (Å²) in [5, 5.41) is 240. The number of hydrogen-bond acceptors (Lipinski definition) is 38. The van der Waals surface area contributed by atoms with Crippen LogP contribution in [0.4, 0.5) is 0 Å². The number of carbonyl (C=O) groups excluding carboxylic acids is 1. The van der Waals surface area contributed by atoms with Crippen molar-refractivity contribution in [2.24, 2.45) is 0 Å². The average molecular weight is 1250 g/mol. The Balaban J connectivity index is 1.04. The summed E-state index contributed by atoms with van der Waals surface area (Å²) in [4.78, 5) is 12.4. The predicted molar refractivity (Wildman–Crippen MR) is 251 cm³/mol. The second-order valence-corrected chi connectivity index (χ2v) is 21.2. The minimum atomic E-state index is -2.29. The SMILES string of the molecule is O=C(NO)c1cn([C@H]2[C@H](O)[C@H]3O[C@H]4[C@H](O)[C@@H](O)[C@@H](O[C@H]5[C@H](O)[C@@H](O)[C@@H](O[C@H]6[C@H](O)[C@@H](O)[C@@H](O[C@H]7[C@H](O)[C@@H](O)[C@@H](O[C@H]8[C@H](O)[C@@H](O)[C@@H](O[C@H]9[C@H](O)[C@@H](O)[C@@H](O[C@@H]2[C@@H](CO)O3)O[C@@H]9CO)O[C@@H]8CO)O[C@@H]7CO)O[C@@H]6CO)O[C@@H]5CO)O[C@@H]4CO)nn1. The van der Waals surface area contributed by atoms with Gasteiger partial charge in [0.15, 0.2) is 49.7 Å². The van der Waals surface area contributed by atoms with Gasteiger partial charge in [0.2, 0.25) is 0 Å². The van der Waals surface area contributed by atoms with Gasteiger partial charge in [0.05, 0.1) is 52.4 Å². The summed E-state index contributed by atoms with van der Waals surface area (Å²) >= 11 is 0. The summed E-state index contributed by atoms with van der Waals surface area (Å²) < 4.78 is 81.6. The number of rotatable bonds is 9. The second kappa shape index (κ2) is 28.2. The van der Waals surface area contributed by atoms with Crippen LogP contribution in [0.15, 0.2) is 6.20 Å². The van der Waals surface area contributed by atoms with Crippen molar-refractivity contribution in [3.8, 4) is 0 Å². The molecule has 35 atom stereocenters. The Morgan fingerprint density at radius 3 is 0.776 bits per heavy atom. The highest BCUT2D eigenvalue weighted by Gasteiger charge is 2.60. The molecule has 40 nitrogen and oxygen atoms in total. The van der Waals surface area contributed by atoms with Crippen LogP contribution in [0, 0.1) is 0 Å². The van der Waals surface area contributed by atoms with E-state index in [-0.39, 0.29) is 0 Å². The molecule has 0 unspecified atom stereocenters. The number of ether oxygens (including phenoxy) is 14. The zero-order chi connectivity index (χ0) is 61.6. The van der Waals surface area contributed by atoms with E-state index in [1.165, 1.54) is 5.48 Å². The molecule has 21 aliphatic heterocycles. The molecule has 0 aromatic carbocycles. The van der Waals surface area contributed by atoms with E-state index in [2.05, 4.69) is 10.3 Å². The van der Waals surface area contributed by atoms with Crippen LogP contribution in [-0.2, 0) is 66.3 Å². The predicted octanol–water partition coefficient (Wildman–Crippen LogP) is -15.6. The fourth-order valence-corrected chi connectivity index (χ4v) is 11.3. The molecular weight excluding hydrogens is 1170 g/mol. The first-order valence-electron chi connectivity index (χ1n) is 26.7. The Kier molecular flexibility index (Phi) is 22.1. The summed E-state index contributed by atoms with van der Waals surface area (Å²) in [6.45, 7) is -7.59. The smallest absolute Gasteiger partial charge is 0.296 e. The van der Waals surface area contributed by atoms with Gasteiger partial charge in [0.25, 0.3) is 5.91 Å². The van der Waals surface area contributed by atoms with Crippen molar-refractivity contribution in [1.82, 2.24) is 20.5 Å². The minimum absolute atomic E-state index is 0.604. The number of aliphatic hydroxyl groups is 20. The van der Waals surface area contributed by atoms with Crippen LogP contribution < -0.4 is 5.48 Å². The van der Waals surface area contributed by atoms with E-state index in [9.17, 15) is 112 Å². The standard InChI is InChI=1S/C45H72N4O36/c50-2-10-31-17(49-1-9(46-48-49)38(70)47-71)18(57)39(72-10)80-32-11(3-51)74-41(26(65)20(32)59)82-34-13(5-53)76-43(28(67)22(34)61)84-36-15(7-55)78-45(30(69)24(36)63)85-37-16(8-56)77-44(29(68)23(37)62)83-35-14(6-54)75-42(27(66)21(35)60)81-33-12(4-52)73-40(79-31)25(64)19(33)58/h1,10-37,39-45,50-69,71H,2-8H2,(H,47,70)/t10-,11-,12-,13-,14-,15-,16-,17+,18+,19-,20-,21-,22-,23-,24-,25-,26-,27-,28-,29-,30-,31-,32-,33-,34-,35-,36-,37-,39-,40-,41-,42-,43-,44-,45-/m1/s1. The molecular formula is C45H72N4O36. The average Bonchev–Trinajstić information content (AvgIpc) is 3.69. The summed E-state index contributed by atoms with van der Waals surface area (Å²) in [6.07, 6.45) is -68.8. The normalized spacial score (nSPS) is 51.2. The van der Waals surface area contributed by atoms with Gasteiger partial charge < -0.3 is 168 Å². The molecule has 22 N–H and O–H groups in total. The van der Waals surface area contributed by atoms with Crippen molar-refractivity contribution < 1.29 is 178 Å². The highest BCUT2D eigenvalue weighted by molar-refractivity contribution is 5.90. The van der Waals surface area contributed by atoms with Crippen molar-refractivity contribution in [3.63, 3.8) is 0 Å². The van der Waals surface area contributed by atoms with Gasteiger partial charge in [-0.05, 0) is 0 Å². The molecule has 0 saturated carbocycles. The topological polar surface area (TPSA) is 614 Å². The molecule has 1 amide bonds. The minimum Gasteiger partial charge on any atom is -0.394 e. The Labute approximate surface area is 477 Å². The van der Waals surface area contributed by atoms with E-state index in [1.54, 1.807) is 0 Å². The molecule has 22 rings (SSSR count). The number of hydroxylamine groups is 1. The Morgan fingerprint density at radius 2 is 0.553 bits per heavy atom. The van der Waals surface area contributed by atoms with E-state index in [4.69, 9.17) is 66.3 Å². The van der Waals surface area contributed by atoms with E-state index in [0.717, 1.165) is 10.9 Å². The van der Waals surface area contributed by atoms with E-state index in [1.807, 2.05) is 0 Å². The molecule has 14 bridgehead atoms. The molecule has 488 valence electrons. The molecule has 0 spiro atoms. The van der Waals surface area contributed by atoms with Gasteiger partial charge in [-0.15, -0.1) is 5.10 Å². The third-order valence-corrected chi connectivity index (χ3v) is 15.9. The number of nitrogens with one attached hydrogen (secondary N) is 1. The van der Waals surface area contributed by atoms with Crippen LogP contribution in [0.25, 0.3) is 0 Å². The summed E-state index contributed by atoms with van der Waals surface area (Å²) in [5.74, 6) is -1.24. The lowest BCUT2D eigenvalue weighted by Gasteiger charge is -2.50. The number of aromatic nitrogens is 3. The lowest BCUT2D eigenvalue weighted by atomic mass is 9.94. The van der Waals surface area contributed by atoms with Gasteiger partial charge in [-0.25, -0.2) is 10.2 Å². The quantitative estimate of drug-likeness (QED) is 0.0806. The molecule has 21 aliphatic rings. The first-order chi connectivity index (χ1) is 40.6. The Bertz CT molecular complexity index is 2270. The fourth-order valence-electron chi connectivity index (χ4n) is 11.3. The van der Waals surface area contributed by atoms with Crippen molar-refractivity contribution in [1.29, 1.82) is 0 Å². The van der Waals surface area contributed by atoms with Gasteiger partial charge in [-0.3, -0.25) is 10.0 Å². The summed E-state index contributed by atoms with van der Waals surface area (Å²) in [7, 11) is 0. The van der Waals surface area contributed by atoms with Gasteiger partial charge >= 0.3 is 0 Å². The van der Waals surface area contributed by atoms with Crippen LogP contribution in [0.5, 0.6) is 0 Å². The van der Waals surface area contributed by atoms with E-state index < -0.39 is 273 Å². The third kappa shape index (κ3) is 13.0. The number of amides is 1. The molecule has 40 heteroatoms. The molecule has 21 fully saturated rings. The molecule has 22 heterocycles. The number of aliphatic hydroxyl groups excluding tert-OH is 20. The zero-order valence-corrected chi connectivity index (χ0v) is 44.1. The Morgan fingerprint density at radius 1 is 0.341 bits per heavy atom. The van der Waals surface area contributed by atoms with Crippen molar-refractivity contribution in [2.45, 2.75) is 215 Å². The first-order valence-corrected chi connectivity index (χ1v) is 26.7. The maximum atomic E-state index is 12.4. The maximum absolute atomic E-state index is 12.4. The third-order valence-electron chi connectivity index (χ3n) is 15.9. The summed E-state index contributed by atoms with van der Waals surface area (Å²) in [5.41, 5.74) is 0.717. The van der Waals surface area contributed by atoms with Gasteiger partial charge in [-0.1, -0.05) is 5.21 Å². The lowest BCUT2D eigenvalue weighted by Crippen LogP contribution is -2.68. The molecule has 85 heavy (non-hydrogen) atoms. The van der Waals surface area contributed by atoms with E-state index in [0.29, 0.717) is 0 Å². The molecule has 1 aromatic rings. The van der Waals surface area contributed by atoms with Crippen LogP contribution >= 0.6 is 0 Å². The highest BCUT2D eigenvalue weighted by Crippen LogP contribution is 2.41. The molecule has 21 saturated heterocycles. The van der Waals surface area contributed by atoms with Crippen molar-refractivity contribution >= 4 is 5.91 Å². The van der Waals surface area contributed by atoms with E-state index >= 15 is 0 Å². The molecule has 0 aliphatic carbocycles. The van der Waals surface area contributed by atoms with Crippen LogP contribution in [-0.4, -0.2) is 383 Å². The van der Waals surface area contributed by atoms with Gasteiger partial charge in [0, 0.05) is 0 Å². The van der Waals surface area contributed by atoms with Crippen molar-refractivity contribution in [2.75, 3.05) is 46.2 Å².